The minimum absolute atomic E-state index is 0.0878. The Balaban J connectivity index is 2.06. The van der Waals surface area contributed by atoms with Crippen molar-refractivity contribution in [1.82, 2.24) is 4.57 Å². The van der Waals surface area contributed by atoms with Crippen molar-refractivity contribution in [2.24, 2.45) is 7.05 Å². The van der Waals surface area contributed by atoms with Gasteiger partial charge in [-0.05, 0) is 35.6 Å². The Hall–Kier alpha value is -2.06. The van der Waals surface area contributed by atoms with E-state index in [1.54, 1.807) is 0 Å². The van der Waals surface area contributed by atoms with Gasteiger partial charge in [0.25, 0.3) is 0 Å². The number of aliphatic hydroxyl groups is 1. The predicted molar refractivity (Wildman–Crippen MR) is 85.7 cm³/mol. The molecular weight excluding hydrogens is 258 g/mol. The van der Waals surface area contributed by atoms with Gasteiger partial charge in [-0.1, -0.05) is 42.5 Å². The maximum atomic E-state index is 10.1. The topological polar surface area (TPSA) is 25.2 Å². The minimum atomic E-state index is 0.0878. The fraction of sp³-hybridized carbons (Fsp3) is 0.263. The van der Waals surface area contributed by atoms with E-state index in [0.29, 0.717) is 0 Å². The van der Waals surface area contributed by atoms with Gasteiger partial charge in [-0.25, -0.2) is 0 Å². The smallest absolute Gasteiger partial charge is 0.0541 e. The number of nitrogens with zero attached hydrogens (tertiary/aromatic N) is 1. The summed E-state index contributed by atoms with van der Waals surface area (Å²) in [5.74, 6) is 0.0878. The molecule has 21 heavy (non-hydrogen) atoms. The van der Waals surface area contributed by atoms with Crippen molar-refractivity contribution in [3.8, 4) is 0 Å². The number of aryl methyl sites for hydroxylation is 2. The molecule has 106 valence electrons. The lowest BCUT2D eigenvalue weighted by atomic mass is 9.89. The van der Waals surface area contributed by atoms with Gasteiger partial charge in [0.2, 0.25) is 0 Å². The maximum absolute atomic E-state index is 10.1. The van der Waals surface area contributed by atoms with Gasteiger partial charge in [-0.3, -0.25) is 0 Å². The van der Waals surface area contributed by atoms with Gasteiger partial charge >= 0.3 is 0 Å². The first-order chi connectivity index (χ1) is 10.3. The number of rotatable bonds is 1. The van der Waals surface area contributed by atoms with Gasteiger partial charge < -0.3 is 9.67 Å². The van der Waals surface area contributed by atoms with E-state index in [1.807, 2.05) is 0 Å². The average molecular weight is 277 g/mol. The molecule has 0 radical (unpaired) electrons. The van der Waals surface area contributed by atoms with Crippen LogP contribution < -0.4 is 0 Å². The second kappa shape index (κ2) is 4.74. The molecule has 0 amide bonds. The van der Waals surface area contributed by atoms with Crippen LogP contribution >= 0.6 is 0 Å². The van der Waals surface area contributed by atoms with Crippen LogP contribution in [0.1, 0.15) is 28.3 Å². The van der Waals surface area contributed by atoms with Gasteiger partial charge in [0, 0.05) is 29.6 Å². The summed E-state index contributed by atoms with van der Waals surface area (Å²) in [6, 6.07) is 17.1. The zero-order valence-corrected chi connectivity index (χ0v) is 12.2. The van der Waals surface area contributed by atoms with Crippen LogP contribution in [0.4, 0.5) is 0 Å². The lowest BCUT2D eigenvalue weighted by Gasteiger charge is -2.16. The van der Waals surface area contributed by atoms with E-state index >= 15 is 0 Å². The number of para-hydroxylation sites is 1. The lowest BCUT2D eigenvalue weighted by Crippen LogP contribution is -2.08. The normalized spacial score (nSPS) is 17.3. The molecule has 1 unspecified atom stereocenters. The second-order valence-corrected chi connectivity index (χ2v) is 5.87. The number of aromatic nitrogens is 1. The molecule has 2 nitrogen and oxygen atoms in total. The van der Waals surface area contributed by atoms with Crippen molar-refractivity contribution in [3.63, 3.8) is 0 Å². The van der Waals surface area contributed by atoms with Crippen molar-refractivity contribution in [2.45, 2.75) is 18.8 Å². The van der Waals surface area contributed by atoms with Gasteiger partial charge in [0.05, 0.1) is 6.61 Å². The maximum Gasteiger partial charge on any atom is 0.0541 e. The summed E-state index contributed by atoms with van der Waals surface area (Å²) in [6.45, 7) is 0.165. The van der Waals surface area contributed by atoms with Gasteiger partial charge in [0.15, 0.2) is 0 Å². The fourth-order valence-corrected chi connectivity index (χ4v) is 3.87. The van der Waals surface area contributed by atoms with Crippen molar-refractivity contribution in [2.75, 3.05) is 6.61 Å². The van der Waals surface area contributed by atoms with Crippen molar-refractivity contribution in [3.05, 3.63) is 70.9 Å². The third kappa shape index (κ3) is 1.76. The molecule has 0 fully saturated rings. The van der Waals surface area contributed by atoms with E-state index in [-0.39, 0.29) is 12.5 Å². The van der Waals surface area contributed by atoms with Crippen LogP contribution in [0.5, 0.6) is 0 Å². The van der Waals surface area contributed by atoms with E-state index in [9.17, 15) is 5.11 Å². The highest BCUT2D eigenvalue weighted by Crippen LogP contribution is 2.39. The zero-order valence-electron chi connectivity index (χ0n) is 12.2. The Labute approximate surface area is 124 Å². The summed E-state index contributed by atoms with van der Waals surface area (Å²) in [6.07, 6.45) is 2.08. The van der Waals surface area contributed by atoms with E-state index in [2.05, 4.69) is 60.1 Å². The summed E-state index contributed by atoms with van der Waals surface area (Å²) in [7, 11) is 2.14. The van der Waals surface area contributed by atoms with Crippen LogP contribution in [0.3, 0.4) is 0 Å². The summed E-state index contributed by atoms with van der Waals surface area (Å²) >= 11 is 0. The van der Waals surface area contributed by atoms with Crippen LogP contribution in [0.25, 0.3) is 10.9 Å². The fourth-order valence-electron chi connectivity index (χ4n) is 3.87. The molecule has 0 saturated carbocycles. The number of fused-ring (bicyclic) bond motifs is 4. The number of aliphatic hydroxyl groups excluding tert-OH is 1. The largest absolute Gasteiger partial charge is 0.395 e. The zero-order chi connectivity index (χ0) is 14.4. The first-order valence-corrected chi connectivity index (χ1v) is 7.56. The second-order valence-electron chi connectivity index (χ2n) is 5.87. The molecule has 0 aliphatic heterocycles. The van der Waals surface area contributed by atoms with Crippen LogP contribution in [-0.4, -0.2) is 16.3 Å². The Morgan fingerprint density at radius 3 is 2.67 bits per heavy atom. The highest BCUT2D eigenvalue weighted by atomic mass is 16.3. The quantitative estimate of drug-likeness (QED) is 0.724. The van der Waals surface area contributed by atoms with Gasteiger partial charge in [-0.15, -0.1) is 0 Å². The monoisotopic (exact) mass is 277 g/mol. The molecule has 1 aliphatic carbocycles. The highest BCUT2D eigenvalue weighted by molar-refractivity contribution is 5.87. The van der Waals surface area contributed by atoms with E-state index in [1.165, 1.54) is 33.3 Å². The Morgan fingerprint density at radius 1 is 1.05 bits per heavy atom. The Bertz CT molecular complexity index is 816. The standard InChI is InChI=1S/C19H19NO/c1-20-17-9-5-4-8-15(17)19-16(12-21)14-7-3-2-6-13(14)10-11-18(19)20/h2-9,16,21H,10-12H2,1H3. The van der Waals surface area contributed by atoms with Crippen molar-refractivity contribution < 1.29 is 5.11 Å². The molecule has 1 N–H and O–H groups in total. The van der Waals surface area contributed by atoms with E-state index < -0.39 is 0 Å². The van der Waals surface area contributed by atoms with E-state index in [4.69, 9.17) is 0 Å². The summed E-state index contributed by atoms with van der Waals surface area (Å²) in [5, 5.41) is 11.4. The summed E-state index contributed by atoms with van der Waals surface area (Å²) in [5.41, 5.74) is 6.61. The molecule has 1 aromatic heterocycles. The molecule has 1 heterocycles. The summed E-state index contributed by atoms with van der Waals surface area (Å²) < 4.78 is 2.30. The summed E-state index contributed by atoms with van der Waals surface area (Å²) in [4.78, 5) is 0. The number of hydrogen-bond donors (Lipinski definition) is 1. The van der Waals surface area contributed by atoms with Crippen molar-refractivity contribution in [1.29, 1.82) is 0 Å². The van der Waals surface area contributed by atoms with Crippen LogP contribution in [0, 0.1) is 0 Å². The SMILES string of the molecule is Cn1c2c(c3ccccc31)C(CO)c1ccccc1CC2. The first-order valence-electron chi connectivity index (χ1n) is 7.56. The Kier molecular flexibility index (Phi) is 2.86. The first kappa shape index (κ1) is 12.7. The van der Waals surface area contributed by atoms with Gasteiger partial charge in [0.1, 0.15) is 0 Å². The number of benzene rings is 2. The molecule has 0 spiro atoms. The molecule has 2 aromatic carbocycles. The van der Waals surface area contributed by atoms with Gasteiger partial charge in [-0.2, -0.15) is 0 Å². The van der Waals surface area contributed by atoms with Crippen LogP contribution in [0.2, 0.25) is 0 Å². The molecule has 0 bridgehead atoms. The Morgan fingerprint density at radius 2 is 1.81 bits per heavy atom. The average Bonchev–Trinajstić information content (AvgIpc) is 2.70. The minimum Gasteiger partial charge on any atom is -0.395 e. The predicted octanol–water partition coefficient (Wildman–Crippen LogP) is 3.40. The van der Waals surface area contributed by atoms with E-state index in [0.717, 1.165) is 12.8 Å². The molecule has 4 rings (SSSR count). The lowest BCUT2D eigenvalue weighted by molar-refractivity contribution is 0.281. The highest BCUT2D eigenvalue weighted by Gasteiger charge is 2.27. The van der Waals surface area contributed by atoms with Crippen LogP contribution in [-0.2, 0) is 19.9 Å². The third-order valence-corrected chi connectivity index (χ3v) is 4.86. The van der Waals surface area contributed by atoms with Crippen LogP contribution in [0.15, 0.2) is 48.5 Å². The molecular formula is C19H19NO. The molecule has 0 saturated heterocycles. The third-order valence-electron chi connectivity index (χ3n) is 4.86. The van der Waals surface area contributed by atoms with Crippen molar-refractivity contribution >= 4 is 10.9 Å². The molecule has 2 heteroatoms. The molecule has 1 atom stereocenters. The number of hydrogen-bond acceptors (Lipinski definition) is 1. The molecule has 1 aliphatic rings. The molecule has 3 aromatic rings.